The summed E-state index contributed by atoms with van der Waals surface area (Å²) in [5.41, 5.74) is 4.77. The second-order valence-corrected chi connectivity index (χ2v) is 17.7. The predicted octanol–water partition coefficient (Wildman–Crippen LogP) is 16.3. The molecule has 5 nitrogen and oxygen atoms in total. The van der Waals surface area contributed by atoms with E-state index in [2.05, 4.69) is 27.1 Å². The third-order valence-electron chi connectivity index (χ3n) is 12.4. The van der Waals surface area contributed by atoms with Crippen molar-refractivity contribution in [3.8, 4) is 73.2 Å². The van der Waals surface area contributed by atoms with Crippen molar-refractivity contribution >= 4 is 32.8 Å². The van der Waals surface area contributed by atoms with Crippen molar-refractivity contribution in [1.29, 1.82) is 0 Å². The highest BCUT2D eigenvalue weighted by Crippen LogP contribution is 2.39. The molecule has 0 unspecified atom stereocenters. The quantitative estimate of drug-likeness (QED) is 0.107. The van der Waals surface area contributed by atoms with E-state index in [1.807, 2.05) is 60.7 Å². The number of aromatic nitrogens is 4. The number of para-hydroxylation sites is 2. The molecule has 0 amide bonds. The Balaban J connectivity index is 1.06. The van der Waals surface area contributed by atoms with Crippen molar-refractivity contribution < 1.29 is 34.0 Å². The number of nitrogens with zero attached hydrogens (tertiary/aromatic N) is 4. The van der Waals surface area contributed by atoms with E-state index in [0.717, 1.165) is 21.9 Å². The first-order valence-electron chi connectivity index (χ1n) is 31.5. The van der Waals surface area contributed by atoms with Gasteiger partial charge in [-0.3, -0.25) is 13.7 Å². The smallest absolute Gasteiger partial charge is 0.269 e. The summed E-state index contributed by atoms with van der Waals surface area (Å²) < 4.78 is 168. The van der Waals surface area contributed by atoms with E-state index in [0.29, 0.717) is 50.5 Å². The van der Waals surface area contributed by atoms with Crippen molar-refractivity contribution in [3.63, 3.8) is 0 Å². The van der Waals surface area contributed by atoms with Crippen LogP contribution < -0.4 is 9.30 Å². The molecule has 12 aromatic rings. The standard InChI is InChI=1S/C65H50N4O/c1-44-37-63(66-42-58(44)47-23-12-7-13-24-47)69-59-32-15-14-29-56(59)57-35-34-53(41-61(57)69)70-52-28-17-27-51(40-52)67-43-68(60-36-33-48(39-62(60)67)45-19-8-5-9-20-45)64-54(46-21-10-6-11-22-46)30-18-31-55(64)49-25-16-26-50(38-49)65(2,3)4/h5-42H,1-4H3/i1D3,5D,6D,7D,8D,9D,10D,11D,12D,13D,19D,20D,21D,22D,23D,24D. The summed E-state index contributed by atoms with van der Waals surface area (Å²) >= 11 is 0. The van der Waals surface area contributed by atoms with E-state index in [9.17, 15) is 2.74 Å². The zero-order chi connectivity index (χ0) is 62.9. The van der Waals surface area contributed by atoms with Crippen LogP contribution in [0, 0.1) is 13.2 Å². The van der Waals surface area contributed by atoms with E-state index in [1.165, 1.54) is 12.3 Å². The van der Waals surface area contributed by atoms with Gasteiger partial charge in [-0.15, -0.1) is 0 Å². The molecule has 0 atom stereocenters. The lowest BCUT2D eigenvalue weighted by atomic mass is 9.85. The molecule has 0 saturated heterocycles. The molecule has 0 saturated carbocycles. The van der Waals surface area contributed by atoms with Crippen LogP contribution in [0.1, 0.15) is 56.6 Å². The van der Waals surface area contributed by atoms with Gasteiger partial charge in [-0.2, -0.15) is 0 Å². The molecule has 9 aromatic carbocycles. The molecule has 0 N–H and O–H groups in total. The molecule has 3 heterocycles. The number of aryl methyl sites for hydroxylation is 1. The van der Waals surface area contributed by atoms with Crippen molar-refractivity contribution in [2.75, 3.05) is 0 Å². The van der Waals surface area contributed by atoms with E-state index >= 15 is 0 Å². The fraction of sp³-hybridized carbons (Fsp3) is 0.0769. The van der Waals surface area contributed by atoms with E-state index < -0.39 is 97.5 Å². The molecule has 0 bridgehead atoms. The fourth-order valence-corrected chi connectivity index (χ4v) is 9.01. The lowest BCUT2D eigenvalue weighted by molar-refractivity contribution is -0.571. The summed E-state index contributed by atoms with van der Waals surface area (Å²) in [4.78, 5) is 4.71. The van der Waals surface area contributed by atoms with Crippen molar-refractivity contribution in [3.05, 3.63) is 248 Å². The summed E-state index contributed by atoms with van der Waals surface area (Å²) in [6.45, 7) is 3.44. The number of hydrogen-bond donors (Lipinski definition) is 0. The van der Waals surface area contributed by atoms with E-state index in [4.69, 9.17) is 31.7 Å². The minimum Gasteiger partial charge on any atom is -0.458 e. The summed E-state index contributed by atoms with van der Waals surface area (Å²) in [7, 11) is 0. The van der Waals surface area contributed by atoms with Gasteiger partial charge in [0, 0.05) is 32.7 Å². The molecule has 0 fully saturated rings. The van der Waals surface area contributed by atoms with Crippen LogP contribution in [0.5, 0.6) is 11.5 Å². The number of benzene rings is 9. The van der Waals surface area contributed by atoms with Crippen molar-refractivity contribution in [2.24, 2.45) is 0 Å². The molecule has 0 radical (unpaired) electrons. The zero-order valence-electron chi connectivity index (χ0n) is 56.0. The Labute approximate surface area is 434 Å². The molecule has 12 rings (SSSR count). The molecular weight excluding hydrogens is 853 g/mol. The normalized spacial score (nSPS) is 15.5. The highest BCUT2D eigenvalue weighted by Gasteiger charge is 2.23. The highest BCUT2D eigenvalue weighted by atomic mass is 16.5. The number of ether oxygens (including phenoxy) is 1. The first-order valence-corrected chi connectivity index (χ1v) is 22.5. The second-order valence-electron chi connectivity index (χ2n) is 17.7. The molecule has 5 heteroatoms. The Bertz CT molecular complexity index is 4860. The molecule has 0 aliphatic heterocycles. The Hall–Kier alpha value is -8.80. The number of rotatable bonds is 9. The minimum absolute atomic E-state index is 0.0499. The lowest BCUT2D eigenvalue weighted by Crippen LogP contribution is -2.31. The van der Waals surface area contributed by atoms with Crippen LogP contribution >= 0.6 is 0 Å². The lowest BCUT2D eigenvalue weighted by Gasteiger charge is -2.21. The SMILES string of the molecule is [2H]c1c([2H])c([2H])c(-c2ccc3c(c2)n(-c2cccc(Oc4ccc5c6ccccc6n(-c6cc(C([2H])([2H])[2H])c(-c7c([2H])c([2H])c([2H])c([2H])c7[2H])cn6)c5c4)c2)[c-][n+]3-c2c(-c3cccc(C(C)(C)C)c3)cccc2-c2c([2H])c([2H])c([2H])c([2H])c2[2H])c([2H])c1[2H]. The van der Waals surface area contributed by atoms with E-state index in [-0.39, 0.29) is 50.2 Å². The second kappa shape index (κ2) is 17.4. The first-order chi connectivity index (χ1) is 41.7. The molecular formula is C65H50N4O. The fourth-order valence-electron chi connectivity index (χ4n) is 9.01. The van der Waals surface area contributed by atoms with Gasteiger partial charge in [-0.25, -0.2) is 4.98 Å². The average Bonchev–Trinajstić information content (AvgIpc) is 1.65. The summed E-state index contributed by atoms with van der Waals surface area (Å²) in [6.07, 6.45) is 4.75. The van der Waals surface area contributed by atoms with Gasteiger partial charge < -0.3 is 4.74 Å². The average molecular weight is 921 g/mol. The molecule has 0 spiro atoms. The summed E-state index contributed by atoms with van der Waals surface area (Å²) in [6, 6.07) is 31.7. The first kappa shape index (κ1) is 27.3. The van der Waals surface area contributed by atoms with Crippen LogP contribution in [-0.4, -0.2) is 14.1 Å². The van der Waals surface area contributed by atoms with Gasteiger partial charge in [-0.1, -0.05) is 190 Å². The number of pyridine rings is 1. The molecule has 0 aliphatic rings. The summed E-state index contributed by atoms with van der Waals surface area (Å²) in [5.74, 6) is 0.834. The van der Waals surface area contributed by atoms with Crippen LogP contribution in [0.15, 0.2) is 230 Å². The van der Waals surface area contributed by atoms with E-state index in [1.54, 1.807) is 80.4 Å². The minimum atomic E-state index is -2.83. The zero-order valence-corrected chi connectivity index (χ0v) is 38.0. The maximum absolute atomic E-state index is 9.24. The van der Waals surface area contributed by atoms with Gasteiger partial charge >= 0.3 is 0 Å². The summed E-state index contributed by atoms with van der Waals surface area (Å²) in [5, 5.41) is 1.55. The largest absolute Gasteiger partial charge is 0.458 e. The Morgan fingerprint density at radius 2 is 1.21 bits per heavy atom. The molecule has 3 aromatic heterocycles. The Morgan fingerprint density at radius 3 is 1.97 bits per heavy atom. The maximum atomic E-state index is 9.24. The van der Waals surface area contributed by atoms with Gasteiger partial charge in [0.05, 0.1) is 54.0 Å². The molecule has 0 aliphatic carbocycles. The van der Waals surface area contributed by atoms with Crippen molar-refractivity contribution in [1.82, 2.24) is 14.1 Å². The number of fused-ring (bicyclic) bond motifs is 4. The Morgan fingerprint density at radius 1 is 0.543 bits per heavy atom. The van der Waals surface area contributed by atoms with Gasteiger partial charge in [0.15, 0.2) is 0 Å². The van der Waals surface area contributed by atoms with Crippen LogP contribution in [0.25, 0.3) is 94.5 Å². The van der Waals surface area contributed by atoms with Crippen LogP contribution in [0.4, 0.5) is 0 Å². The van der Waals surface area contributed by atoms with Crippen LogP contribution in [0.2, 0.25) is 0 Å². The third-order valence-corrected chi connectivity index (χ3v) is 12.4. The number of imidazole rings is 1. The van der Waals surface area contributed by atoms with Crippen LogP contribution in [0.3, 0.4) is 0 Å². The Kier molecular flexibility index (Phi) is 6.77. The van der Waals surface area contributed by atoms with Gasteiger partial charge in [-0.05, 0) is 111 Å². The highest BCUT2D eigenvalue weighted by molar-refractivity contribution is 6.09. The third kappa shape index (κ3) is 7.72. The predicted molar refractivity (Wildman–Crippen MR) is 287 cm³/mol. The molecule has 336 valence electrons. The monoisotopic (exact) mass is 921 g/mol. The van der Waals surface area contributed by atoms with Gasteiger partial charge in [0.25, 0.3) is 6.33 Å². The maximum Gasteiger partial charge on any atom is 0.269 e. The number of hydrogen-bond acceptors (Lipinski definition) is 2. The van der Waals surface area contributed by atoms with Gasteiger partial charge in [0.2, 0.25) is 0 Å². The molecule has 70 heavy (non-hydrogen) atoms. The topological polar surface area (TPSA) is 35.9 Å². The van der Waals surface area contributed by atoms with Crippen LogP contribution in [-0.2, 0) is 5.41 Å². The van der Waals surface area contributed by atoms with Crippen molar-refractivity contribution in [2.45, 2.75) is 33.0 Å². The van der Waals surface area contributed by atoms with Gasteiger partial charge in [0.1, 0.15) is 17.3 Å².